The fourth-order valence-electron chi connectivity index (χ4n) is 9.24. The van der Waals surface area contributed by atoms with Gasteiger partial charge in [0.1, 0.15) is 5.58 Å². The molecule has 2 aromatic heterocycles. The molecular weight excluding hydrogens is 735 g/mol. The van der Waals surface area contributed by atoms with Gasteiger partial charge in [0.2, 0.25) is 0 Å². The number of furan rings is 1. The van der Waals surface area contributed by atoms with Crippen LogP contribution >= 0.6 is 11.3 Å². The van der Waals surface area contributed by atoms with Crippen molar-refractivity contribution < 1.29 is 4.42 Å². The summed E-state index contributed by atoms with van der Waals surface area (Å²) in [5.41, 5.74) is 12.0. The van der Waals surface area contributed by atoms with Gasteiger partial charge in [0.05, 0.1) is 17.1 Å². The molecule has 2 nitrogen and oxygen atoms in total. The molecule has 0 aliphatic carbocycles. The normalized spacial score (nSPS) is 11.7. The minimum Gasteiger partial charge on any atom is -0.454 e. The van der Waals surface area contributed by atoms with Crippen LogP contribution in [-0.4, -0.2) is 0 Å². The van der Waals surface area contributed by atoms with Crippen LogP contribution in [-0.2, 0) is 0 Å². The molecule has 0 amide bonds. The zero-order chi connectivity index (χ0) is 38.9. The molecule has 2 heterocycles. The molecule has 3 heteroatoms. The molecule has 0 atom stereocenters. The average molecular weight is 770 g/mol. The summed E-state index contributed by atoms with van der Waals surface area (Å²) in [5.74, 6) is 0. The molecule has 0 N–H and O–H groups in total. The zero-order valence-electron chi connectivity index (χ0n) is 32.0. The van der Waals surface area contributed by atoms with Crippen molar-refractivity contribution in [2.24, 2.45) is 0 Å². The van der Waals surface area contributed by atoms with Gasteiger partial charge in [0.15, 0.2) is 5.58 Å². The van der Waals surface area contributed by atoms with Crippen molar-refractivity contribution in [1.29, 1.82) is 0 Å². The summed E-state index contributed by atoms with van der Waals surface area (Å²) in [6.07, 6.45) is 0. The highest BCUT2D eigenvalue weighted by Gasteiger charge is 2.28. The Morgan fingerprint density at radius 1 is 0.339 bits per heavy atom. The van der Waals surface area contributed by atoms with Gasteiger partial charge in [-0.15, -0.1) is 11.3 Å². The van der Waals surface area contributed by atoms with Crippen LogP contribution in [0.15, 0.2) is 217 Å². The quantitative estimate of drug-likeness (QED) is 0.157. The standard InChI is InChI=1S/C56H35NOS/c1-2-16-36(17-3-1)37-32-34-38(35-33-37)53-44-23-6-4-18-39(44)40-19-5-7-24-45(40)54(53)57(50-29-15-25-46-42-21-9-12-30-51(42)58-55(46)50)49-28-11-8-20-41(49)47-26-14-27-48-43-22-10-13-31-52(43)59-56(47)48/h1-35H. The molecule has 276 valence electrons. The summed E-state index contributed by atoms with van der Waals surface area (Å²) in [6.45, 7) is 0. The van der Waals surface area contributed by atoms with Crippen LogP contribution in [0.2, 0.25) is 0 Å². The van der Waals surface area contributed by atoms with E-state index in [1.54, 1.807) is 0 Å². The van der Waals surface area contributed by atoms with E-state index in [0.717, 1.165) is 55.5 Å². The monoisotopic (exact) mass is 769 g/mol. The molecule has 0 aliphatic rings. The van der Waals surface area contributed by atoms with E-state index in [1.807, 2.05) is 11.3 Å². The third-order valence-corrected chi connectivity index (χ3v) is 13.1. The van der Waals surface area contributed by atoms with E-state index in [-0.39, 0.29) is 0 Å². The van der Waals surface area contributed by atoms with Crippen LogP contribution in [0.3, 0.4) is 0 Å². The van der Waals surface area contributed by atoms with E-state index in [4.69, 9.17) is 4.42 Å². The van der Waals surface area contributed by atoms with Gasteiger partial charge in [-0.2, -0.15) is 0 Å². The lowest BCUT2D eigenvalue weighted by Gasteiger charge is -2.32. The van der Waals surface area contributed by atoms with Crippen LogP contribution in [0.4, 0.5) is 17.1 Å². The number of para-hydroxylation sites is 3. The van der Waals surface area contributed by atoms with Gasteiger partial charge in [0, 0.05) is 53.0 Å². The Kier molecular flexibility index (Phi) is 7.75. The molecule has 0 radical (unpaired) electrons. The van der Waals surface area contributed by atoms with Crippen LogP contribution < -0.4 is 4.90 Å². The maximum atomic E-state index is 6.93. The molecule has 10 aromatic carbocycles. The number of fused-ring (bicyclic) bond motifs is 9. The number of nitrogens with zero attached hydrogens (tertiary/aromatic N) is 1. The third-order valence-electron chi connectivity index (χ3n) is 11.9. The van der Waals surface area contributed by atoms with E-state index in [9.17, 15) is 0 Å². The van der Waals surface area contributed by atoms with E-state index in [0.29, 0.717) is 0 Å². The van der Waals surface area contributed by atoms with Crippen molar-refractivity contribution in [1.82, 2.24) is 0 Å². The Bertz CT molecular complexity index is 3560. The van der Waals surface area contributed by atoms with Crippen molar-refractivity contribution in [3.8, 4) is 33.4 Å². The molecule has 59 heavy (non-hydrogen) atoms. The molecule has 0 bridgehead atoms. The van der Waals surface area contributed by atoms with E-state index in [2.05, 4.69) is 217 Å². The van der Waals surface area contributed by atoms with Crippen molar-refractivity contribution >= 4 is 92.1 Å². The van der Waals surface area contributed by atoms with Crippen molar-refractivity contribution in [3.63, 3.8) is 0 Å². The lowest BCUT2D eigenvalue weighted by molar-refractivity contribution is 0.669. The Labute approximate surface area is 345 Å². The number of hydrogen-bond acceptors (Lipinski definition) is 3. The highest BCUT2D eigenvalue weighted by Crippen LogP contribution is 2.54. The number of rotatable bonds is 6. The molecule has 0 fully saturated rings. The van der Waals surface area contributed by atoms with Crippen molar-refractivity contribution in [2.45, 2.75) is 0 Å². The van der Waals surface area contributed by atoms with Crippen LogP contribution in [0.1, 0.15) is 0 Å². The second-order valence-electron chi connectivity index (χ2n) is 15.1. The fourth-order valence-corrected chi connectivity index (χ4v) is 10.5. The Hall–Kier alpha value is -7.46. The van der Waals surface area contributed by atoms with E-state index >= 15 is 0 Å². The van der Waals surface area contributed by atoms with Crippen molar-refractivity contribution in [3.05, 3.63) is 212 Å². The first-order chi connectivity index (χ1) is 29.3. The highest BCUT2D eigenvalue weighted by molar-refractivity contribution is 7.26. The topological polar surface area (TPSA) is 16.4 Å². The van der Waals surface area contributed by atoms with Gasteiger partial charge < -0.3 is 9.32 Å². The lowest BCUT2D eigenvalue weighted by atomic mass is 9.89. The van der Waals surface area contributed by atoms with Gasteiger partial charge >= 0.3 is 0 Å². The summed E-state index contributed by atoms with van der Waals surface area (Å²) in [7, 11) is 0. The van der Waals surface area contributed by atoms with Gasteiger partial charge in [0.25, 0.3) is 0 Å². The third kappa shape index (κ3) is 5.33. The number of hydrogen-bond donors (Lipinski definition) is 0. The minimum absolute atomic E-state index is 0.853. The molecule has 12 rings (SSSR count). The lowest BCUT2D eigenvalue weighted by Crippen LogP contribution is -2.14. The average Bonchev–Trinajstić information content (AvgIpc) is 3.89. The van der Waals surface area contributed by atoms with Gasteiger partial charge in [-0.05, 0) is 57.1 Å². The van der Waals surface area contributed by atoms with Gasteiger partial charge in [-0.1, -0.05) is 188 Å². The summed E-state index contributed by atoms with van der Waals surface area (Å²) in [5, 5.41) is 9.54. The highest BCUT2D eigenvalue weighted by atomic mass is 32.1. The smallest absolute Gasteiger partial charge is 0.159 e. The number of thiophene rings is 1. The Balaban J connectivity index is 1.23. The Morgan fingerprint density at radius 2 is 0.881 bits per heavy atom. The summed E-state index contributed by atoms with van der Waals surface area (Å²) < 4.78 is 9.50. The van der Waals surface area contributed by atoms with Crippen LogP contribution in [0.5, 0.6) is 0 Å². The Morgan fingerprint density at radius 3 is 1.71 bits per heavy atom. The molecule has 0 aliphatic heterocycles. The largest absolute Gasteiger partial charge is 0.454 e. The first kappa shape index (κ1) is 33.7. The van der Waals surface area contributed by atoms with Crippen molar-refractivity contribution in [2.75, 3.05) is 4.90 Å². The first-order valence-corrected chi connectivity index (χ1v) is 20.9. The van der Waals surface area contributed by atoms with Crippen LogP contribution in [0, 0.1) is 0 Å². The predicted molar refractivity (Wildman–Crippen MR) is 253 cm³/mol. The zero-order valence-corrected chi connectivity index (χ0v) is 32.8. The fraction of sp³-hybridized carbons (Fsp3) is 0. The predicted octanol–water partition coefficient (Wildman–Crippen LogP) is 16.7. The van der Waals surface area contributed by atoms with Crippen LogP contribution in [0.25, 0.3) is 97.0 Å². The number of benzene rings is 10. The van der Waals surface area contributed by atoms with E-state index < -0.39 is 0 Å². The van der Waals surface area contributed by atoms with Gasteiger partial charge in [-0.25, -0.2) is 0 Å². The summed E-state index contributed by atoms with van der Waals surface area (Å²) in [6, 6.07) is 77.0. The second-order valence-corrected chi connectivity index (χ2v) is 16.2. The number of anilines is 3. The molecule has 0 spiro atoms. The molecule has 0 saturated carbocycles. The molecular formula is C56H35NOS. The van der Waals surface area contributed by atoms with Gasteiger partial charge in [-0.3, -0.25) is 0 Å². The van der Waals surface area contributed by atoms with E-state index in [1.165, 1.54) is 58.6 Å². The summed E-state index contributed by atoms with van der Waals surface area (Å²) >= 11 is 1.87. The molecule has 12 aromatic rings. The first-order valence-electron chi connectivity index (χ1n) is 20.1. The SMILES string of the molecule is c1ccc(-c2ccc(-c3c(N(c4ccccc4-c4cccc5c4sc4ccccc45)c4cccc5c4oc4ccccc45)c4ccccc4c4ccccc34)cc2)cc1. The maximum absolute atomic E-state index is 6.93. The molecule has 0 unspecified atom stereocenters. The molecule has 0 saturated heterocycles. The minimum atomic E-state index is 0.853. The maximum Gasteiger partial charge on any atom is 0.159 e. The second kappa shape index (κ2) is 13.6. The summed E-state index contributed by atoms with van der Waals surface area (Å²) in [4.78, 5) is 2.50.